The molecule has 11 nitrogen and oxygen atoms in total. The molecule has 2 unspecified atom stereocenters. The molecule has 2 N–H and O–H groups in total. The number of ether oxygens (including phenoxy) is 1. The van der Waals surface area contributed by atoms with Crippen LogP contribution in [0.3, 0.4) is 0 Å². The highest BCUT2D eigenvalue weighted by Gasteiger charge is 2.41. The summed E-state index contributed by atoms with van der Waals surface area (Å²) in [5.74, 6) is -0.0505. The summed E-state index contributed by atoms with van der Waals surface area (Å²) in [6, 6.07) is 3.42. The number of rotatable bonds is 13. The van der Waals surface area contributed by atoms with Crippen molar-refractivity contribution in [3.05, 3.63) is 46.1 Å². The lowest BCUT2D eigenvalue weighted by Gasteiger charge is -2.38. The molecule has 0 saturated carbocycles. The van der Waals surface area contributed by atoms with Gasteiger partial charge in [0.2, 0.25) is 0 Å². The van der Waals surface area contributed by atoms with Crippen LogP contribution in [0.2, 0.25) is 25.7 Å². The third kappa shape index (κ3) is 8.69. The van der Waals surface area contributed by atoms with Gasteiger partial charge in [-0.15, -0.1) is 0 Å². The lowest BCUT2D eigenvalue weighted by molar-refractivity contribution is -0.138. The number of hydrogen-bond donors (Lipinski definition) is 2. The molecule has 2 aromatic heterocycles. The second kappa shape index (κ2) is 14.8. The van der Waals surface area contributed by atoms with Gasteiger partial charge in [-0.05, 0) is 44.8 Å². The smallest absolute Gasteiger partial charge is 0.367 e. The van der Waals surface area contributed by atoms with Crippen LogP contribution >= 0.6 is 0 Å². The van der Waals surface area contributed by atoms with Crippen LogP contribution in [0.5, 0.6) is 0 Å². The van der Waals surface area contributed by atoms with Gasteiger partial charge < -0.3 is 25.2 Å². The molecular weight excluding hydrogens is 605 g/mol. The van der Waals surface area contributed by atoms with Gasteiger partial charge in [-0.3, -0.25) is 14.6 Å². The Labute approximate surface area is 262 Å². The standard InChI is InChI=1S/C30H43F3N8O3Si/c1-21(28(42)26-18-36-11-13-40(26)24-8-9-35-17-22(24)16-34)37-10-7-23-6-5-12-39(23)25-19-38-41(20-44-14-15-45(2,3)4)29(43)27(25)30(31,32)33/h8-9,17,19,21,23,26,36-37H,5-7,10-15,18,20H2,1-4H3/t21?,23-,26?/m0/s1. The lowest BCUT2D eigenvalue weighted by Crippen LogP contribution is -2.59. The fourth-order valence-corrected chi connectivity index (χ4v) is 6.62. The molecule has 2 saturated heterocycles. The average Bonchev–Trinajstić information content (AvgIpc) is 3.46. The molecule has 0 spiro atoms. The quantitative estimate of drug-likeness (QED) is 0.247. The van der Waals surface area contributed by atoms with Crippen LogP contribution in [0.15, 0.2) is 29.5 Å². The molecule has 45 heavy (non-hydrogen) atoms. The molecule has 246 valence electrons. The number of nitrogens with one attached hydrogen (secondary N) is 2. The lowest BCUT2D eigenvalue weighted by atomic mass is 10.0. The monoisotopic (exact) mass is 648 g/mol. The van der Waals surface area contributed by atoms with Gasteiger partial charge in [-0.25, -0.2) is 4.68 Å². The Kier molecular flexibility index (Phi) is 11.4. The first-order valence-corrected chi connectivity index (χ1v) is 19.1. The summed E-state index contributed by atoms with van der Waals surface area (Å²) < 4.78 is 49.0. The number of carbonyl (C=O) groups is 1. The van der Waals surface area contributed by atoms with Crippen LogP contribution < -0.4 is 26.0 Å². The largest absolute Gasteiger partial charge is 0.423 e. The van der Waals surface area contributed by atoms with Gasteiger partial charge in [0, 0.05) is 59.3 Å². The first-order valence-electron chi connectivity index (χ1n) is 15.4. The predicted molar refractivity (Wildman–Crippen MR) is 168 cm³/mol. The maximum atomic E-state index is 14.3. The summed E-state index contributed by atoms with van der Waals surface area (Å²) in [6.45, 7) is 10.7. The molecule has 3 atom stereocenters. The van der Waals surface area contributed by atoms with E-state index >= 15 is 0 Å². The summed E-state index contributed by atoms with van der Waals surface area (Å²) in [7, 11) is -1.40. The molecular formula is C30H43F3N8O3Si. The molecule has 15 heteroatoms. The summed E-state index contributed by atoms with van der Waals surface area (Å²) in [5, 5.41) is 20.1. The van der Waals surface area contributed by atoms with Gasteiger partial charge in [-0.1, -0.05) is 19.6 Å². The number of carbonyl (C=O) groups excluding carboxylic acids is 1. The third-order valence-electron chi connectivity index (χ3n) is 8.36. The van der Waals surface area contributed by atoms with Crippen molar-refractivity contribution in [2.45, 2.75) is 82.9 Å². The van der Waals surface area contributed by atoms with Crippen molar-refractivity contribution >= 4 is 25.2 Å². The predicted octanol–water partition coefficient (Wildman–Crippen LogP) is 3.23. The number of hydrogen-bond acceptors (Lipinski definition) is 10. The molecule has 0 aromatic carbocycles. The van der Waals surface area contributed by atoms with E-state index in [0.717, 1.165) is 16.9 Å². The van der Waals surface area contributed by atoms with Crippen molar-refractivity contribution in [1.82, 2.24) is 25.4 Å². The minimum absolute atomic E-state index is 0.0505. The normalized spacial score (nSPS) is 19.9. The molecule has 0 aliphatic carbocycles. The highest BCUT2D eigenvalue weighted by molar-refractivity contribution is 6.76. The highest BCUT2D eigenvalue weighted by Crippen LogP contribution is 2.37. The Bertz CT molecular complexity index is 1420. The number of halogens is 3. The van der Waals surface area contributed by atoms with E-state index in [1.165, 1.54) is 6.20 Å². The Hall–Kier alpha value is -3.32. The van der Waals surface area contributed by atoms with Crippen molar-refractivity contribution in [2.24, 2.45) is 0 Å². The van der Waals surface area contributed by atoms with E-state index in [-0.39, 0.29) is 24.2 Å². The van der Waals surface area contributed by atoms with E-state index in [4.69, 9.17) is 4.74 Å². The number of nitriles is 1. The summed E-state index contributed by atoms with van der Waals surface area (Å²) in [4.78, 5) is 34.1. The van der Waals surface area contributed by atoms with Crippen molar-refractivity contribution < 1.29 is 22.7 Å². The van der Waals surface area contributed by atoms with Gasteiger partial charge in [0.1, 0.15) is 24.4 Å². The number of nitrogens with zero attached hydrogens (tertiary/aromatic N) is 6. The summed E-state index contributed by atoms with van der Waals surface area (Å²) in [5.41, 5.74) is -1.60. The fourth-order valence-electron chi connectivity index (χ4n) is 5.86. The minimum Gasteiger partial charge on any atom is -0.367 e. The maximum absolute atomic E-state index is 14.3. The number of aromatic nitrogens is 3. The molecule has 2 aromatic rings. The highest BCUT2D eigenvalue weighted by atomic mass is 28.3. The van der Waals surface area contributed by atoms with E-state index in [0.29, 0.717) is 69.8 Å². The van der Waals surface area contributed by atoms with Gasteiger partial charge in [0.25, 0.3) is 5.56 Å². The van der Waals surface area contributed by atoms with Crippen LogP contribution in [0, 0.1) is 11.3 Å². The van der Waals surface area contributed by atoms with E-state index < -0.39 is 37.5 Å². The van der Waals surface area contributed by atoms with Gasteiger partial charge in [0.15, 0.2) is 5.78 Å². The number of piperazine rings is 1. The fraction of sp³-hybridized carbons (Fsp3) is 0.633. The number of anilines is 2. The third-order valence-corrected chi connectivity index (χ3v) is 10.1. The molecule has 0 bridgehead atoms. The van der Waals surface area contributed by atoms with Crippen molar-refractivity contribution in [1.29, 1.82) is 5.26 Å². The average molecular weight is 649 g/mol. The zero-order valence-electron chi connectivity index (χ0n) is 26.4. The van der Waals surface area contributed by atoms with Crippen LogP contribution in [-0.4, -0.2) is 86.1 Å². The van der Waals surface area contributed by atoms with Gasteiger partial charge in [-0.2, -0.15) is 23.5 Å². The zero-order valence-corrected chi connectivity index (χ0v) is 27.4. The van der Waals surface area contributed by atoms with Crippen molar-refractivity contribution in [2.75, 3.05) is 49.1 Å². The molecule has 4 heterocycles. The van der Waals surface area contributed by atoms with E-state index in [9.17, 15) is 28.0 Å². The topological polar surface area (TPSA) is 128 Å². The van der Waals surface area contributed by atoms with Crippen LogP contribution in [-0.2, 0) is 22.4 Å². The second-order valence-corrected chi connectivity index (χ2v) is 18.5. The Morgan fingerprint density at radius 1 is 1.24 bits per heavy atom. The second-order valence-electron chi connectivity index (χ2n) is 12.8. The Balaban J connectivity index is 1.41. The minimum atomic E-state index is -4.86. The summed E-state index contributed by atoms with van der Waals surface area (Å²) >= 11 is 0. The molecule has 2 aliphatic heterocycles. The van der Waals surface area contributed by atoms with Crippen molar-refractivity contribution in [3.63, 3.8) is 0 Å². The van der Waals surface area contributed by atoms with Crippen molar-refractivity contribution in [3.8, 4) is 6.07 Å². The molecule has 4 rings (SSSR count). The molecule has 2 aliphatic rings. The van der Waals surface area contributed by atoms with Crippen LogP contribution in [0.4, 0.5) is 24.5 Å². The zero-order chi connectivity index (χ0) is 32.8. The number of alkyl halides is 3. The molecule has 0 radical (unpaired) electrons. The van der Waals surface area contributed by atoms with E-state index in [1.54, 1.807) is 24.1 Å². The molecule has 0 amide bonds. The van der Waals surface area contributed by atoms with Gasteiger partial charge in [0.05, 0.1) is 29.2 Å². The Morgan fingerprint density at radius 2 is 2.02 bits per heavy atom. The first-order chi connectivity index (χ1) is 21.3. The summed E-state index contributed by atoms with van der Waals surface area (Å²) in [6.07, 6.45) is 1.16. The first kappa shape index (κ1) is 34.5. The number of pyridine rings is 1. The van der Waals surface area contributed by atoms with Gasteiger partial charge >= 0.3 is 6.18 Å². The Morgan fingerprint density at radius 3 is 2.73 bits per heavy atom. The van der Waals surface area contributed by atoms with Crippen LogP contribution in [0.25, 0.3) is 0 Å². The van der Waals surface area contributed by atoms with E-state index in [1.807, 2.05) is 4.90 Å². The number of Topliss-reactive ketones (excluding diaryl/α,β-unsaturated/α-hetero) is 1. The number of ketones is 1. The SMILES string of the molecule is CC(NCC[C@@H]1CCCN1c1cnn(COCC[Si](C)(C)C)c(=O)c1C(F)(F)F)C(=O)C1CNCCN1c1ccncc1C#N. The maximum Gasteiger partial charge on any atom is 0.423 e. The molecule has 2 fully saturated rings. The van der Waals surface area contributed by atoms with E-state index in [2.05, 4.69) is 46.4 Å². The van der Waals surface area contributed by atoms with Crippen LogP contribution in [0.1, 0.15) is 37.3 Å².